The van der Waals surface area contributed by atoms with Crippen molar-refractivity contribution in [2.24, 2.45) is 0 Å². The van der Waals surface area contributed by atoms with Crippen LogP contribution in [0.25, 0.3) is 0 Å². The van der Waals surface area contributed by atoms with E-state index in [1.165, 1.54) is 21.9 Å². The maximum Gasteiger partial charge on any atom is 0.409 e. The van der Waals surface area contributed by atoms with Crippen molar-refractivity contribution in [3.8, 4) is 0 Å². The number of carbonyl (C=O) groups excluding carboxylic acids is 1. The van der Waals surface area contributed by atoms with E-state index in [-0.39, 0.29) is 19.8 Å². The molecule has 2 aliphatic heterocycles. The minimum absolute atomic E-state index is 0.0854. The first-order chi connectivity index (χ1) is 13.0. The highest BCUT2D eigenvalue weighted by Crippen LogP contribution is 2.21. The third kappa shape index (κ3) is 4.57. The monoisotopic (exact) mass is 385 g/mol. The topological polar surface area (TPSA) is 82.5 Å². The number of amides is 2. The van der Waals surface area contributed by atoms with Crippen LogP contribution in [0.15, 0.2) is 18.2 Å². The van der Waals surface area contributed by atoms with Crippen LogP contribution in [0.5, 0.6) is 0 Å². The molecule has 10 heteroatoms. The normalized spacial score (nSPS) is 20.5. The van der Waals surface area contributed by atoms with Crippen LogP contribution in [0.4, 0.5) is 24.1 Å². The lowest BCUT2D eigenvalue weighted by molar-refractivity contribution is -0.0254. The molecule has 1 atom stereocenters. The highest BCUT2D eigenvalue weighted by atomic mass is 19.1. The van der Waals surface area contributed by atoms with E-state index >= 15 is 0 Å². The maximum absolute atomic E-state index is 13.9. The second-order valence-corrected chi connectivity index (χ2v) is 6.35. The first kappa shape index (κ1) is 19.2. The number of piperazine rings is 1. The van der Waals surface area contributed by atoms with Crippen molar-refractivity contribution in [1.82, 2.24) is 9.80 Å². The average Bonchev–Trinajstić information content (AvgIpc) is 2.66. The number of hydrogen-bond acceptors (Lipinski definition) is 5. The Morgan fingerprint density at radius 2 is 1.93 bits per heavy atom. The summed E-state index contributed by atoms with van der Waals surface area (Å²) in [4.78, 5) is 27.8. The number of carboxylic acid groups (broad SMARTS) is 1. The average molecular weight is 385 g/mol. The van der Waals surface area contributed by atoms with Gasteiger partial charge in [-0.15, -0.1) is 0 Å². The van der Waals surface area contributed by atoms with Crippen LogP contribution in [0.2, 0.25) is 0 Å². The summed E-state index contributed by atoms with van der Waals surface area (Å²) >= 11 is 0. The van der Waals surface area contributed by atoms with E-state index in [1.54, 1.807) is 4.90 Å². The Morgan fingerprint density at radius 1 is 1.19 bits per heavy atom. The molecule has 148 valence electrons. The van der Waals surface area contributed by atoms with Gasteiger partial charge in [0.15, 0.2) is 0 Å². The molecular formula is C17H21F2N3O5. The van der Waals surface area contributed by atoms with Crippen molar-refractivity contribution in [3.63, 3.8) is 0 Å². The molecule has 2 aliphatic rings. The van der Waals surface area contributed by atoms with E-state index < -0.39 is 29.9 Å². The van der Waals surface area contributed by atoms with Crippen LogP contribution < -0.4 is 4.90 Å². The molecule has 1 unspecified atom stereocenters. The summed E-state index contributed by atoms with van der Waals surface area (Å²) < 4.78 is 37.4. The van der Waals surface area contributed by atoms with Gasteiger partial charge in [0.1, 0.15) is 18.2 Å². The van der Waals surface area contributed by atoms with Crippen LogP contribution in [0.1, 0.15) is 0 Å². The lowest BCUT2D eigenvalue weighted by Crippen LogP contribution is -2.52. The van der Waals surface area contributed by atoms with Gasteiger partial charge in [-0.2, -0.15) is 0 Å². The molecule has 0 radical (unpaired) electrons. The second-order valence-electron chi connectivity index (χ2n) is 6.35. The van der Waals surface area contributed by atoms with Gasteiger partial charge >= 0.3 is 12.2 Å². The van der Waals surface area contributed by atoms with Gasteiger partial charge < -0.3 is 24.4 Å². The highest BCUT2D eigenvalue weighted by molar-refractivity contribution is 5.68. The van der Waals surface area contributed by atoms with Gasteiger partial charge in [-0.3, -0.25) is 4.90 Å². The Hall–Kier alpha value is -2.62. The van der Waals surface area contributed by atoms with Crippen molar-refractivity contribution in [3.05, 3.63) is 29.8 Å². The Kier molecular flexibility index (Phi) is 5.94. The molecule has 0 aliphatic carbocycles. The number of benzene rings is 1. The molecule has 2 heterocycles. The van der Waals surface area contributed by atoms with E-state index in [1.807, 2.05) is 0 Å². The largest absolute Gasteiger partial charge is 0.465 e. The van der Waals surface area contributed by atoms with Crippen molar-refractivity contribution in [1.29, 1.82) is 0 Å². The van der Waals surface area contributed by atoms with Crippen LogP contribution >= 0.6 is 0 Å². The summed E-state index contributed by atoms with van der Waals surface area (Å²) in [6, 6.07) is 2.87. The molecule has 0 bridgehead atoms. The Morgan fingerprint density at radius 3 is 2.59 bits per heavy atom. The van der Waals surface area contributed by atoms with Crippen molar-refractivity contribution in [2.75, 3.05) is 57.4 Å². The van der Waals surface area contributed by atoms with Crippen molar-refractivity contribution < 1.29 is 33.0 Å². The Bertz CT molecular complexity index is 697. The summed E-state index contributed by atoms with van der Waals surface area (Å²) in [5, 5.41) is 9.16. The zero-order valence-electron chi connectivity index (χ0n) is 14.6. The number of nitrogens with zero attached hydrogens (tertiary/aromatic N) is 3. The molecular weight excluding hydrogens is 364 g/mol. The molecule has 27 heavy (non-hydrogen) atoms. The molecule has 0 aromatic heterocycles. The predicted octanol–water partition coefficient (Wildman–Crippen LogP) is 1.60. The summed E-state index contributed by atoms with van der Waals surface area (Å²) in [7, 11) is 0. The zero-order chi connectivity index (χ0) is 19.4. The number of carbonyl (C=O) groups is 2. The maximum atomic E-state index is 13.9. The Labute approximate surface area is 154 Å². The molecule has 0 spiro atoms. The predicted molar refractivity (Wildman–Crippen MR) is 90.8 cm³/mol. The van der Waals surface area contributed by atoms with E-state index in [0.717, 1.165) is 6.07 Å². The highest BCUT2D eigenvalue weighted by Gasteiger charge is 2.30. The minimum Gasteiger partial charge on any atom is -0.465 e. The summed E-state index contributed by atoms with van der Waals surface area (Å²) in [6.07, 6.45) is -1.63. The van der Waals surface area contributed by atoms with Crippen LogP contribution in [-0.2, 0) is 9.47 Å². The summed E-state index contributed by atoms with van der Waals surface area (Å²) in [5.74, 6) is -1.28. The first-order valence-electron chi connectivity index (χ1n) is 8.64. The van der Waals surface area contributed by atoms with Gasteiger partial charge in [0.05, 0.1) is 24.9 Å². The fourth-order valence-electron chi connectivity index (χ4n) is 3.17. The summed E-state index contributed by atoms with van der Waals surface area (Å²) in [6.45, 7) is 2.04. The molecule has 1 aromatic carbocycles. The van der Waals surface area contributed by atoms with Gasteiger partial charge in [-0.25, -0.2) is 18.4 Å². The van der Waals surface area contributed by atoms with Crippen molar-refractivity contribution >= 4 is 17.9 Å². The molecule has 3 rings (SSSR count). The molecule has 0 saturated carbocycles. The standard InChI is InChI=1S/C17H21F2N3O5/c18-12-1-2-15(14(19)9-12)20-3-5-21(6-4-20)17(25)27-11-13-10-26-8-7-22(13)16(23)24/h1-2,9,13H,3-8,10-11H2,(H,23,24). The first-order valence-corrected chi connectivity index (χ1v) is 8.64. The van der Waals surface area contributed by atoms with Crippen LogP contribution in [0.3, 0.4) is 0 Å². The Balaban J connectivity index is 1.49. The number of ether oxygens (including phenoxy) is 2. The fourth-order valence-corrected chi connectivity index (χ4v) is 3.17. The van der Waals surface area contributed by atoms with Crippen LogP contribution in [-0.4, -0.2) is 85.7 Å². The molecule has 1 aromatic rings. The second kappa shape index (κ2) is 8.38. The minimum atomic E-state index is -1.07. The van der Waals surface area contributed by atoms with Gasteiger partial charge in [0, 0.05) is 38.8 Å². The fraction of sp³-hybridized carbons (Fsp3) is 0.529. The van der Waals surface area contributed by atoms with Gasteiger partial charge in [-0.1, -0.05) is 0 Å². The zero-order valence-corrected chi connectivity index (χ0v) is 14.6. The number of rotatable bonds is 3. The van der Waals surface area contributed by atoms with E-state index in [9.17, 15) is 18.4 Å². The van der Waals surface area contributed by atoms with Gasteiger partial charge in [0.25, 0.3) is 0 Å². The number of morpholine rings is 1. The van der Waals surface area contributed by atoms with Gasteiger partial charge in [0.2, 0.25) is 0 Å². The quantitative estimate of drug-likeness (QED) is 0.851. The molecule has 8 nitrogen and oxygen atoms in total. The molecule has 2 fully saturated rings. The molecule has 2 saturated heterocycles. The number of anilines is 1. The smallest absolute Gasteiger partial charge is 0.409 e. The lowest BCUT2D eigenvalue weighted by Gasteiger charge is -2.36. The van der Waals surface area contributed by atoms with Crippen molar-refractivity contribution in [2.45, 2.75) is 6.04 Å². The molecule has 2 amide bonds. The molecule has 1 N–H and O–H groups in total. The van der Waals surface area contributed by atoms with E-state index in [2.05, 4.69) is 0 Å². The third-order valence-corrected chi connectivity index (χ3v) is 4.66. The lowest BCUT2D eigenvalue weighted by atomic mass is 10.2. The van der Waals surface area contributed by atoms with E-state index in [4.69, 9.17) is 14.6 Å². The number of hydrogen-bond donors (Lipinski definition) is 1. The third-order valence-electron chi connectivity index (χ3n) is 4.66. The van der Waals surface area contributed by atoms with Crippen LogP contribution in [0, 0.1) is 11.6 Å². The number of halogens is 2. The van der Waals surface area contributed by atoms with E-state index in [0.29, 0.717) is 38.5 Å². The van der Waals surface area contributed by atoms with Gasteiger partial charge in [-0.05, 0) is 12.1 Å². The SMILES string of the molecule is O=C(OCC1COCCN1C(=O)O)N1CCN(c2ccc(F)cc2F)CC1. The summed E-state index contributed by atoms with van der Waals surface area (Å²) in [5.41, 5.74) is 0.292.